The van der Waals surface area contributed by atoms with E-state index in [1.54, 1.807) is 18.2 Å². The standard InChI is InChI=1S/C27H20BrNO2S/c1-27(2)21-15-17(28)11-13-25(21)32(30,31)26-14-12-18(16-22(26)27)29-23-9-5-3-7-19(23)20-8-4-6-10-24(20)29/h3-16H,1-2H3. The van der Waals surface area contributed by atoms with Crippen molar-refractivity contribution in [1.29, 1.82) is 0 Å². The second kappa shape index (κ2) is 6.56. The van der Waals surface area contributed by atoms with E-state index in [-0.39, 0.29) is 0 Å². The first-order chi connectivity index (χ1) is 15.3. The Morgan fingerprint density at radius 2 is 1.25 bits per heavy atom. The lowest BCUT2D eigenvalue weighted by molar-refractivity contribution is 0.555. The highest BCUT2D eigenvalue weighted by atomic mass is 79.9. The zero-order valence-corrected chi connectivity index (χ0v) is 20.0. The molecule has 0 aliphatic carbocycles. The van der Waals surface area contributed by atoms with Gasteiger partial charge >= 0.3 is 0 Å². The van der Waals surface area contributed by atoms with Crippen LogP contribution in [0.15, 0.2) is 99.2 Å². The Morgan fingerprint density at radius 3 is 1.88 bits per heavy atom. The number of rotatable bonds is 1. The van der Waals surface area contributed by atoms with Crippen LogP contribution in [-0.4, -0.2) is 13.0 Å². The zero-order chi connectivity index (χ0) is 22.3. The van der Waals surface area contributed by atoms with E-state index in [1.807, 2.05) is 24.3 Å². The summed E-state index contributed by atoms with van der Waals surface area (Å²) < 4.78 is 30.1. The molecule has 0 N–H and O–H groups in total. The first-order valence-electron chi connectivity index (χ1n) is 10.5. The summed E-state index contributed by atoms with van der Waals surface area (Å²) >= 11 is 3.52. The summed E-state index contributed by atoms with van der Waals surface area (Å²) in [4.78, 5) is 0.782. The van der Waals surface area contributed by atoms with E-state index < -0.39 is 15.3 Å². The topological polar surface area (TPSA) is 39.1 Å². The lowest BCUT2D eigenvalue weighted by Crippen LogP contribution is -2.30. The number of fused-ring (bicyclic) bond motifs is 5. The zero-order valence-electron chi connectivity index (χ0n) is 17.6. The Hall–Kier alpha value is -2.89. The largest absolute Gasteiger partial charge is 0.309 e. The van der Waals surface area contributed by atoms with Gasteiger partial charge in [-0.3, -0.25) is 0 Å². The van der Waals surface area contributed by atoms with E-state index in [0.29, 0.717) is 9.79 Å². The van der Waals surface area contributed by atoms with Gasteiger partial charge in [-0.15, -0.1) is 0 Å². The molecule has 0 amide bonds. The SMILES string of the molecule is CC1(C)c2cc(Br)ccc2S(=O)(=O)c2ccc(-n3c4ccccc4c4ccccc43)cc21. The Morgan fingerprint density at radius 1 is 0.719 bits per heavy atom. The van der Waals surface area contributed by atoms with Crippen molar-refractivity contribution in [2.24, 2.45) is 0 Å². The van der Waals surface area contributed by atoms with Crippen molar-refractivity contribution in [1.82, 2.24) is 4.57 Å². The van der Waals surface area contributed by atoms with E-state index in [0.717, 1.165) is 32.3 Å². The van der Waals surface area contributed by atoms with Crippen molar-refractivity contribution in [2.45, 2.75) is 29.1 Å². The molecule has 0 atom stereocenters. The van der Waals surface area contributed by atoms with Crippen molar-refractivity contribution >= 4 is 47.6 Å². The molecule has 5 heteroatoms. The number of para-hydroxylation sites is 2. The molecule has 0 fully saturated rings. The van der Waals surface area contributed by atoms with Crippen LogP contribution in [0.2, 0.25) is 0 Å². The van der Waals surface area contributed by atoms with Gasteiger partial charge in [0.15, 0.2) is 0 Å². The molecule has 0 bridgehead atoms. The molecule has 4 aromatic carbocycles. The summed E-state index contributed by atoms with van der Waals surface area (Å²) in [5.41, 5.74) is 4.35. The maximum Gasteiger partial charge on any atom is 0.207 e. The molecule has 0 saturated heterocycles. The molecule has 32 heavy (non-hydrogen) atoms. The molecule has 0 radical (unpaired) electrons. The Kier molecular flexibility index (Phi) is 4.05. The molecular formula is C27H20BrNO2S. The fraction of sp³-hybridized carbons (Fsp3) is 0.111. The van der Waals surface area contributed by atoms with Crippen molar-refractivity contribution in [3.8, 4) is 5.69 Å². The number of halogens is 1. The minimum Gasteiger partial charge on any atom is -0.309 e. The van der Waals surface area contributed by atoms with Crippen LogP contribution in [0.25, 0.3) is 27.5 Å². The first-order valence-corrected chi connectivity index (χ1v) is 12.8. The average Bonchev–Trinajstić information content (AvgIpc) is 3.12. The first kappa shape index (κ1) is 19.8. The lowest BCUT2D eigenvalue weighted by Gasteiger charge is -2.35. The van der Waals surface area contributed by atoms with Gasteiger partial charge in [-0.2, -0.15) is 0 Å². The maximum atomic E-state index is 13.5. The van der Waals surface area contributed by atoms with Gasteiger partial charge < -0.3 is 4.57 Å². The second-order valence-electron chi connectivity index (χ2n) is 8.82. The number of nitrogens with zero attached hydrogens (tertiary/aromatic N) is 1. The van der Waals surface area contributed by atoms with Crippen LogP contribution in [0.5, 0.6) is 0 Å². The minimum absolute atomic E-state index is 0.391. The van der Waals surface area contributed by atoms with Crippen molar-refractivity contribution in [3.63, 3.8) is 0 Å². The molecule has 5 aromatic rings. The number of aromatic nitrogens is 1. The molecule has 6 rings (SSSR count). The predicted molar refractivity (Wildman–Crippen MR) is 133 cm³/mol. The fourth-order valence-corrected chi connectivity index (χ4v) is 7.37. The third-order valence-corrected chi connectivity index (χ3v) is 9.03. The van der Waals surface area contributed by atoms with Gasteiger partial charge in [0.2, 0.25) is 9.84 Å². The van der Waals surface area contributed by atoms with Crippen LogP contribution >= 0.6 is 15.9 Å². The fourth-order valence-electron chi connectivity index (χ4n) is 5.07. The third-order valence-electron chi connectivity index (χ3n) is 6.67. The van der Waals surface area contributed by atoms with Crippen LogP contribution in [0.1, 0.15) is 25.0 Å². The van der Waals surface area contributed by atoms with E-state index in [1.165, 1.54) is 10.8 Å². The van der Waals surface area contributed by atoms with Crippen LogP contribution in [0.4, 0.5) is 0 Å². The minimum atomic E-state index is -3.59. The predicted octanol–water partition coefficient (Wildman–Crippen LogP) is 7.02. The summed E-state index contributed by atoms with van der Waals surface area (Å²) in [5, 5.41) is 2.36. The molecule has 158 valence electrons. The smallest absolute Gasteiger partial charge is 0.207 e. The molecular weight excluding hydrogens is 482 g/mol. The highest BCUT2D eigenvalue weighted by molar-refractivity contribution is 9.10. The quantitative estimate of drug-likeness (QED) is 0.247. The third kappa shape index (κ3) is 2.55. The molecule has 0 saturated carbocycles. The van der Waals surface area contributed by atoms with E-state index >= 15 is 0 Å². The molecule has 1 aliphatic heterocycles. The van der Waals surface area contributed by atoms with E-state index in [4.69, 9.17) is 0 Å². The van der Waals surface area contributed by atoms with Gasteiger partial charge in [0.25, 0.3) is 0 Å². The lowest BCUT2D eigenvalue weighted by atomic mass is 9.77. The van der Waals surface area contributed by atoms with Gasteiger partial charge in [0.1, 0.15) is 0 Å². The molecule has 1 aliphatic rings. The van der Waals surface area contributed by atoms with Crippen LogP contribution < -0.4 is 0 Å². The number of hydrogen-bond donors (Lipinski definition) is 0. The summed E-state index contributed by atoms with van der Waals surface area (Å²) in [7, 11) is -3.59. The summed E-state index contributed by atoms with van der Waals surface area (Å²) in [5.74, 6) is 0. The molecule has 2 heterocycles. The number of benzene rings is 4. The number of hydrogen-bond acceptors (Lipinski definition) is 2. The molecule has 0 unspecified atom stereocenters. The Bertz CT molecular complexity index is 1630. The normalized spacial score (nSPS) is 16.1. The van der Waals surface area contributed by atoms with Crippen molar-refractivity contribution in [2.75, 3.05) is 0 Å². The van der Waals surface area contributed by atoms with Gasteiger partial charge in [0, 0.05) is 26.3 Å². The van der Waals surface area contributed by atoms with Crippen LogP contribution in [0, 0.1) is 0 Å². The van der Waals surface area contributed by atoms with E-state index in [2.05, 4.69) is 76.8 Å². The summed E-state index contributed by atoms with van der Waals surface area (Å²) in [6.45, 7) is 4.20. The maximum absolute atomic E-state index is 13.5. The molecule has 3 nitrogen and oxygen atoms in total. The Balaban J connectivity index is 1.69. The summed E-state index contributed by atoms with van der Waals surface area (Å²) in [6.07, 6.45) is 0. The Labute approximate surface area is 195 Å². The van der Waals surface area contributed by atoms with Gasteiger partial charge in [0.05, 0.1) is 20.8 Å². The second-order valence-corrected chi connectivity index (χ2v) is 11.6. The number of sulfone groups is 1. The van der Waals surface area contributed by atoms with Gasteiger partial charge in [-0.1, -0.05) is 66.2 Å². The van der Waals surface area contributed by atoms with Gasteiger partial charge in [-0.25, -0.2) is 8.42 Å². The highest BCUT2D eigenvalue weighted by Gasteiger charge is 2.40. The highest BCUT2D eigenvalue weighted by Crippen LogP contribution is 2.47. The van der Waals surface area contributed by atoms with Crippen LogP contribution in [-0.2, 0) is 15.3 Å². The van der Waals surface area contributed by atoms with Crippen molar-refractivity contribution < 1.29 is 8.42 Å². The van der Waals surface area contributed by atoms with Crippen molar-refractivity contribution in [3.05, 3.63) is 101 Å². The van der Waals surface area contributed by atoms with Gasteiger partial charge in [-0.05, 0) is 59.7 Å². The van der Waals surface area contributed by atoms with E-state index in [9.17, 15) is 8.42 Å². The monoisotopic (exact) mass is 501 g/mol. The average molecular weight is 502 g/mol. The van der Waals surface area contributed by atoms with Crippen LogP contribution in [0.3, 0.4) is 0 Å². The molecule has 1 aromatic heterocycles. The summed E-state index contributed by atoms with van der Waals surface area (Å²) in [6, 6.07) is 27.9. The molecule has 0 spiro atoms.